The molecule has 1 heterocycles. The molecule has 1 amide bonds. The first-order valence-corrected chi connectivity index (χ1v) is 5.11. The molecule has 7 heteroatoms. The van der Waals surface area contributed by atoms with Gasteiger partial charge in [-0.15, -0.1) is 21.8 Å². The second kappa shape index (κ2) is 4.57. The lowest BCUT2D eigenvalue weighted by Gasteiger charge is -2.22. The van der Waals surface area contributed by atoms with Gasteiger partial charge in [-0.05, 0) is 20.8 Å². The molecule has 0 spiro atoms. The van der Waals surface area contributed by atoms with Crippen molar-refractivity contribution in [2.75, 3.05) is 5.88 Å². The monoisotopic (exact) mass is 231 g/mol. The summed E-state index contributed by atoms with van der Waals surface area (Å²) in [6, 6.07) is -0.279. The molecular weight excluding hydrogens is 218 g/mol. The highest BCUT2D eigenvalue weighted by molar-refractivity contribution is 6.19. The van der Waals surface area contributed by atoms with Crippen molar-refractivity contribution in [3.63, 3.8) is 0 Å². The number of alkyl halides is 1. The molecular formula is C8H14ClN5O. The molecule has 1 atom stereocenters. The van der Waals surface area contributed by atoms with Gasteiger partial charge in [0.1, 0.15) is 0 Å². The van der Waals surface area contributed by atoms with E-state index in [9.17, 15) is 4.79 Å². The normalized spacial score (nSPS) is 13.6. The molecule has 0 fully saturated rings. The first-order valence-electron chi connectivity index (χ1n) is 4.57. The SMILES string of the molecule is CC(NC(=O)C(C)(C)CCl)c1nn[nH]n1. The molecule has 15 heavy (non-hydrogen) atoms. The molecule has 0 aliphatic carbocycles. The molecule has 1 aromatic heterocycles. The van der Waals surface area contributed by atoms with Gasteiger partial charge in [0.05, 0.1) is 11.5 Å². The van der Waals surface area contributed by atoms with Gasteiger partial charge >= 0.3 is 0 Å². The number of halogens is 1. The molecule has 1 unspecified atom stereocenters. The van der Waals surface area contributed by atoms with E-state index in [1.165, 1.54) is 0 Å². The molecule has 0 aromatic carbocycles. The van der Waals surface area contributed by atoms with Crippen LogP contribution >= 0.6 is 11.6 Å². The van der Waals surface area contributed by atoms with E-state index < -0.39 is 5.41 Å². The highest BCUT2D eigenvalue weighted by Gasteiger charge is 2.28. The van der Waals surface area contributed by atoms with Gasteiger partial charge in [-0.2, -0.15) is 5.21 Å². The van der Waals surface area contributed by atoms with Crippen LogP contribution in [0.1, 0.15) is 32.6 Å². The zero-order valence-electron chi connectivity index (χ0n) is 8.91. The van der Waals surface area contributed by atoms with E-state index in [1.54, 1.807) is 20.8 Å². The van der Waals surface area contributed by atoms with Crippen LogP contribution in [0.4, 0.5) is 0 Å². The summed E-state index contributed by atoms with van der Waals surface area (Å²) < 4.78 is 0. The van der Waals surface area contributed by atoms with Crippen molar-refractivity contribution in [2.24, 2.45) is 5.41 Å². The number of nitrogens with zero attached hydrogens (tertiary/aromatic N) is 3. The lowest BCUT2D eigenvalue weighted by atomic mass is 9.95. The van der Waals surface area contributed by atoms with E-state index in [4.69, 9.17) is 11.6 Å². The highest BCUT2D eigenvalue weighted by Crippen LogP contribution is 2.18. The molecule has 6 nitrogen and oxygen atoms in total. The number of carbonyl (C=O) groups excluding carboxylic acids is 1. The van der Waals surface area contributed by atoms with Crippen molar-refractivity contribution in [1.29, 1.82) is 0 Å². The number of carbonyl (C=O) groups is 1. The third-order valence-corrected chi connectivity index (χ3v) is 2.71. The smallest absolute Gasteiger partial charge is 0.227 e. The van der Waals surface area contributed by atoms with Crippen molar-refractivity contribution in [3.05, 3.63) is 5.82 Å². The number of rotatable bonds is 4. The Morgan fingerprint density at radius 1 is 1.67 bits per heavy atom. The molecule has 1 aromatic rings. The van der Waals surface area contributed by atoms with Crippen LogP contribution in [0.2, 0.25) is 0 Å². The summed E-state index contributed by atoms with van der Waals surface area (Å²) in [7, 11) is 0. The minimum absolute atomic E-state index is 0.130. The number of aromatic nitrogens is 4. The Kier molecular flexibility index (Phi) is 3.62. The van der Waals surface area contributed by atoms with Crippen LogP contribution in [-0.2, 0) is 4.79 Å². The highest BCUT2D eigenvalue weighted by atomic mass is 35.5. The molecule has 84 valence electrons. The second-order valence-corrected chi connectivity index (χ2v) is 4.25. The number of aromatic amines is 1. The standard InChI is InChI=1S/C8H14ClN5O/c1-5(6-11-13-14-12-6)10-7(15)8(2,3)4-9/h5H,4H2,1-3H3,(H,10,15)(H,11,12,13,14). The van der Waals surface area contributed by atoms with Crippen LogP contribution in [0.15, 0.2) is 0 Å². The third-order valence-electron chi connectivity index (χ3n) is 2.05. The first kappa shape index (κ1) is 11.9. The maximum atomic E-state index is 11.7. The van der Waals surface area contributed by atoms with Crippen LogP contribution < -0.4 is 5.32 Å². The van der Waals surface area contributed by atoms with E-state index in [0.29, 0.717) is 5.82 Å². The molecule has 0 saturated carbocycles. The van der Waals surface area contributed by atoms with Gasteiger partial charge in [0.25, 0.3) is 0 Å². The van der Waals surface area contributed by atoms with Crippen LogP contribution in [0.25, 0.3) is 0 Å². The summed E-state index contributed by atoms with van der Waals surface area (Å²) in [5.74, 6) is 0.584. The lowest BCUT2D eigenvalue weighted by molar-refractivity contribution is -0.129. The van der Waals surface area contributed by atoms with E-state index in [-0.39, 0.29) is 17.8 Å². The fourth-order valence-electron chi connectivity index (χ4n) is 0.870. The van der Waals surface area contributed by atoms with Crippen molar-refractivity contribution in [3.8, 4) is 0 Å². The number of nitrogens with one attached hydrogen (secondary N) is 2. The van der Waals surface area contributed by atoms with Crippen LogP contribution in [0, 0.1) is 5.41 Å². The van der Waals surface area contributed by atoms with Crippen LogP contribution in [-0.4, -0.2) is 32.4 Å². The average molecular weight is 232 g/mol. The van der Waals surface area contributed by atoms with E-state index in [2.05, 4.69) is 25.9 Å². The largest absolute Gasteiger partial charge is 0.346 e. The summed E-state index contributed by atoms with van der Waals surface area (Å²) in [5, 5.41) is 16.1. The Morgan fingerprint density at radius 2 is 2.33 bits per heavy atom. The lowest BCUT2D eigenvalue weighted by Crippen LogP contribution is -2.39. The van der Waals surface area contributed by atoms with Crippen molar-refractivity contribution >= 4 is 17.5 Å². The minimum Gasteiger partial charge on any atom is -0.346 e. The van der Waals surface area contributed by atoms with Crippen molar-refractivity contribution in [2.45, 2.75) is 26.8 Å². The zero-order valence-corrected chi connectivity index (χ0v) is 9.67. The Hall–Kier alpha value is -1.17. The summed E-state index contributed by atoms with van der Waals surface area (Å²) in [4.78, 5) is 11.7. The Morgan fingerprint density at radius 3 is 2.80 bits per heavy atom. The number of hydrogen-bond donors (Lipinski definition) is 2. The molecule has 0 aliphatic rings. The molecule has 1 rings (SSSR count). The van der Waals surface area contributed by atoms with Gasteiger partial charge in [0, 0.05) is 5.88 Å². The third kappa shape index (κ3) is 2.89. The molecule has 0 bridgehead atoms. The van der Waals surface area contributed by atoms with Crippen molar-refractivity contribution < 1.29 is 4.79 Å². The number of amides is 1. The summed E-state index contributed by atoms with van der Waals surface area (Å²) in [6.07, 6.45) is 0. The summed E-state index contributed by atoms with van der Waals surface area (Å²) in [5.41, 5.74) is -0.598. The average Bonchev–Trinajstić information content (AvgIpc) is 2.70. The van der Waals surface area contributed by atoms with E-state index >= 15 is 0 Å². The quantitative estimate of drug-likeness (QED) is 0.745. The number of hydrogen-bond acceptors (Lipinski definition) is 4. The molecule has 0 saturated heterocycles. The molecule has 0 aliphatic heterocycles. The van der Waals surface area contributed by atoms with Gasteiger partial charge in [-0.1, -0.05) is 5.21 Å². The Labute approximate surface area is 92.8 Å². The topological polar surface area (TPSA) is 83.6 Å². The Bertz CT molecular complexity index is 324. The van der Waals surface area contributed by atoms with Gasteiger partial charge < -0.3 is 5.32 Å². The molecule has 0 radical (unpaired) electrons. The van der Waals surface area contributed by atoms with E-state index in [1.807, 2.05) is 0 Å². The van der Waals surface area contributed by atoms with Crippen molar-refractivity contribution in [1.82, 2.24) is 25.9 Å². The molecule has 2 N–H and O–H groups in total. The zero-order chi connectivity index (χ0) is 11.5. The van der Waals surface area contributed by atoms with Gasteiger partial charge in [-0.3, -0.25) is 4.79 Å². The second-order valence-electron chi connectivity index (χ2n) is 3.98. The summed E-state index contributed by atoms with van der Waals surface area (Å²) in [6.45, 7) is 5.34. The maximum Gasteiger partial charge on any atom is 0.227 e. The van der Waals surface area contributed by atoms with Crippen LogP contribution in [0.3, 0.4) is 0 Å². The van der Waals surface area contributed by atoms with Crippen LogP contribution in [0.5, 0.6) is 0 Å². The number of tetrazole rings is 1. The van der Waals surface area contributed by atoms with Gasteiger partial charge in [-0.25, -0.2) is 0 Å². The summed E-state index contributed by atoms with van der Waals surface area (Å²) >= 11 is 5.69. The fraction of sp³-hybridized carbons (Fsp3) is 0.750. The predicted molar refractivity (Wildman–Crippen MR) is 55.2 cm³/mol. The van der Waals surface area contributed by atoms with Gasteiger partial charge in [0.15, 0.2) is 5.82 Å². The fourth-order valence-corrected chi connectivity index (χ4v) is 0.992. The van der Waals surface area contributed by atoms with Gasteiger partial charge in [0.2, 0.25) is 5.91 Å². The Balaban J connectivity index is 2.60. The number of H-pyrrole nitrogens is 1. The van der Waals surface area contributed by atoms with E-state index in [0.717, 1.165) is 0 Å². The maximum absolute atomic E-state index is 11.7. The predicted octanol–water partition coefficient (Wildman–Crippen LogP) is 0.642. The first-order chi connectivity index (χ1) is 6.97. The minimum atomic E-state index is -0.598.